The largest absolute Gasteiger partial charge is 0.332 e. The van der Waals surface area contributed by atoms with Gasteiger partial charge in [0, 0.05) is 19.6 Å². The highest BCUT2D eigenvalue weighted by atomic mass is 32.2. The summed E-state index contributed by atoms with van der Waals surface area (Å²) < 4.78 is 13.4. The Balaban J connectivity index is 1.81. The van der Waals surface area contributed by atoms with Crippen LogP contribution in [0.4, 0.5) is 4.39 Å². The van der Waals surface area contributed by atoms with Gasteiger partial charge in [0.1, 0.15) is 5.82 Å². The molecule has 0 radical (unpaired) electrons. The molecule has 2 heterocycles. The number of halogens is 1. The molecule has 2 unspecified atom stereocenters. The molecule has 3 nitrogen and oxygen atoms in total. The molecular weight excluding hydrogens is 275 g/mol. The number of piperazine rings is 1. The number of nitrogens with one attached hydrogen (secondary N) is 1. The van der Waals surface area contributed by atoms with Crippen molar-refractivity contribution >= 4 is 17.7 Å². The minimum absolute atomic E-state index is 0.0480. The highest BCUT2D eigenvalue weighted by Gasteiger charge is 2.34. The topological polar surface area (TPSA) is 32.3 Å². The molecule has 1 aromatic carbocycles. The lowest BCUT2D eigenvalue weighted by atomic mass is 10.0. The molecule has 0 aromatic heterocycles. The van der Waals surface area contributed by atoms with Crippen molar-refractivity contribution in [2.75, 3.05) is 25.4 Å². The molecule has 2 aliphatic rings. The molecule has 2 fully saturated rings. The Hall–Kier alpha value is -1.07. The van der Waals surface area contributed by atoms with E-state index in [1.165, 1.54) is 6.07 Å². The van der Waals surface area contributed by atoms with Crippen molar-refractivity contribution in [3.05, 3.63) is 35.6 Å². The van der Waals surface area contributed by atoms with E-state index in [1.807, 2.05) is 11.0 Å². The first-order chi connectivity index (χ1) is 9.75. The fraction of sp³-hybridized carbons (Fsp3) is 0.533. The number of thioether (sulfide) groups is 1. The molecule has 2 saturated heterocycles. The Bertz CT molecular complexity index is 491. The Morgan fingerprint density at radius 1 is 1.45 bits per heavy atom. The van der Waals surface area contributed by atoms with Gasteiger partial charge in [0.25, 0.3) is 0 Å². The van der Waals surface area contributed by atoms with Gasteiger partial charge in [-0.15, -0.1) is 11.8 Å². The van der Waals surface area contributed by atoms with Crippen LogP contribution in [0.15, 0.2) is 24.3 Å². The van der Waals surface area contributed by atoms with Crippen LogP contribution in [0.2, 0.25) is 0 Å². The molecule has 0 bridgehead atoms. The fourth-order valence-corrected chi connectivity index (χ4v) is 4.17. The monoisotopic (exact) mass is 294 g/mol. The van der Waals surface area contributed by atoms with Gasteiger partial charge in [-0.25, -0.2) is 4.39 Å². The lowest BCUT2D eigenvalue weighted by Gasteiger charge is -2.38. The van der Waals surface area contributed by atoms with E-state index in [0.29, 0.717) is 13.1 Å². The van der Waals surface area contributed by atoms with Crippen molar-refractivity contribution in [1.29, 1.82) is 0 Å². The molecule has 108 valence electrons. The number of nitrogens with zero attached hydrogens (tertiary/aromatic N) is 1. The van der Waals surface area contributed by atoms with E-state index in [0.717, 1.165) is 30.7 Å². The van der Waals surface area contributed by atoms with Crippen LogP contribution in [0.25, 0.3) is 0 Å². The maximum absolute atomic E-state index is 13.4. The van der Waals surface area contributed by atoms with Crippen LogP contribution >= 0.6 is 11.8 Å². The summed E-state index contributed by atoms with van der Waals surface area (Å²) in [6.45, 7) is 2.22. The zero-order valence-corrected chi connectivity index (χ0v) is 12.2. The summed E-state index contributed by atoms with van der Waals surface area (Å²) in [4.78, 5) is 14.6. The highest BCUT2D eigenvalue weighted by molar-refractivity contribution is 8.00. The van der Waals surface area contributed by atoms with Crippen molar-refractivity contribution < 1.29 is 9.18 Å². The number of carbonyl (C=O) groups excluding carboxylic acids is 1. The highest BCUT2D eigenvalue weighted by Crippen LogP contribution is 2.31. The normalized spacial score (nSPS) is 26.8. The number of hydrogen-bond donors (Lipinski definition) is 1. The van der Waals surface area contributed by atoms with Crippen molar-refractivity contribution in [2.45, 2.75) is 24.1 Å². The van der Waals surface area contributed by atoms with Crippen molar-refractivity contribution in [3.8, 4) is 0 Å². The van der Waals surface area contributed by atoms with Gasteiger partial charge in [0.15, 0.2) is 0 Å². The third-order valence-electron chi connectivity index (χ3n) is 3.97. The third-order valence-corrected chi connectivity index (χ3v) is 5.33. The molecule has 0 aliphatic carbocycles. The van der Waals surface area contributed by atoms with E-state index in [2.05, 4.69) is 5.32 Å². The molecule has 2 atom stereocenters. The number of rotatable bonds is 2. The second-order valence-electron chi connectivity index (χ2n) is 5.31. The number of amides is 1. The van der Waals surface area contributed by atoms with Crippen LogP contribution in [-0.2, 0) is 4.79 Å². The van der Waals surface area contributed by atoms with Crippen LogP contribution in [0, 0.1) is 5.82 Å². The molecule has 1 amide bonds. The zero-order chi connectivity index (χ0) is 13.9. The molecule has 20 heavy (non-hydrogen) atoms. The summed E-state index contributed by atoms with van der Waals surface area (Å²) in [5.74, 6) is 1.06. The molecular formula is C15H19FN2OS. The average Bonchev–Trinajstić information content (AvgIpc) is 3.01. The first-order valence-electron chi connectivity index (χ1n) is 7.14. The van der Waals surface area contributed by atoms with E-state index >= 15 is 0 Å². The molecule has 1 N–H and O–H groups in total. The summed E-state index contributed by atoms with van der Waals surface area (Å²) in [5, 5.41) is 3.41. The summed E-state index contributed by atoms with van der Waals surface area (Å²) in [7, 11) is 0. The smallest absolute Gasteiger partial charge is 0.236 e. The Morgan fingerprint density at radius 3 is 3.10 bits per heavy atom. The first-order valence-corrected chi connectivity index (χ1v) is 8.19. The Kier molecular flexibility index (Phi) is 4.27. The van der Waals surface area contributed by atoms with E-state index in [4.69, 9.17) is 0 Å². The molecule has 2 aliphatic heterocycles. The second kappa shape index (κ2) is 6.14. The Labute approximate surface area is 122 Å². The van der Waals surface area contributed by atoms with Gasteiger partial charge < -0.3 is 10.2 Å². The van der Waals surface area contributed by atoms with E-state index in [9.17, 15) is 9.18 Å². The molecule has 0 spiro atoms. The van der Waals surface area contributed by atoms with Crippen LogP contribution < -0.4 is 5.32 Å². The minimum Gasteiger partial charge on any atom is -0.332 e. The SMILES string of the molecule is O=C(C1CCCS1)N1CCNCC1c1cccc(F)c1. The average molecular weight is 294 g/mol. The van der Waals surface area contributed by atoms with Crippen LogP contribution in [-0.4, -0.2) is 41.4 Å². The maximum Gasteiger partial charge on any atom is 0.236 e. The predicted octanol–water partition coefficient (Wildman–Crippen LogP) is 2.19. The standard InChI is InChI=1S/C15H19FN2OS/c16-12-4-1-3-11(9-12)13-10-17-6-7-18(13)15(19)14-5-2-8-20-14/h1,3-4,9,13-14,17H,2,5-8,10H2. The lowest BCUT2D eigenvalue weighted by Crippen LogP contribution is -2.50. The number of hydrogen-bond acceptors (Lipinski definition) is 3. The minimum atomic E-state index is -0.240. The Morgan fingerprint density at radius 2 is 2.35 bits per heavy atom. The van der Waals surface area contributed by atoms with Crippen LogP contribution in [0.1, 0.15) is 24.4 Å². The molecule has 1 aromatic rings. The molecule has 0 saturated carbocycles. The molecule has 5 heteroatoms. The molecule has 3 rings (SSSR count). The second-order valence-corrected chi connectivity index (χ2v) is 6.62. The van der Waals surface area contributed by atoms with Gasteiger partial charge in [-0.2, -0.15) is 0 Å². The lowest BCUT2D eigenvalue weighted by molar-refractivity contribution is -0.134. The van der Waals surface area contributed by atoms with Crippen LogP contribution in [0.3, 0.4) is 0 Å². The van der Waals surface area contributed by atoms with Crippen LogP contribution in [0.5, 0.6) is 0 Å². The fourth-order valence-electron chi connectivity index (χ4n) is 2.94. The van der Waals surface area contributed by atoms with Crippen molar-refractivity contribution in [3.63, 3.8) is 0 Å². The van der Waals surface area contributed by atoms with E-state index in [-0.39, 0.29) is 23.0 Å². The van der Waals surface area contributed by atoms with Crippen molar-refractivity contribution in [2.24, 2.45) is 0 Å². The van der Waals surface area contributed by atoms with Gasteiger partial charge in [0.2, 0.25) is 5.91 Å². The maximum atomic E-state index is 13.4. The summed E-state index contributed by atoms with van der Waals surface area (Å²) in [6, 6.07) is 6.56. The van der Waals surface area contributed by atoms with E-state index < -0.39 is 0 Å². The third kappa shape index (κ3) is 2.83. The van der Waals surface area contributed by atoms with Gasteiger partial charge in [0.05, 0.1) is 11.3 Å². The number of carbonyl (C=O) groups is 1. The summed E-state index contributed by atoms with van der Waals surface area (Å²) in [5.41, 5.74) is 0.883. The van der Waals surface area contributed by atoms with Gasteiger partial charge in [-0.05, 0) is 36.3 Å². The summed E-state index contributed by atoms with van der Waals surface area (Å²) >= 11 is 1.76. The predicted molar refractivity (Wildman–Crippen MR) is 79.2 cm³/mol. The van der Waals surface area contributed by atoms with Gasteiger partial charge in [-0.1, -0.05) is 12.1 Å². The first kappa shape index (κ1) is 13.9. The quantitative estimate of drug-likeness (QED) is 0.907. The van der Waals surface area contributed by atoms with Crippen molar-refractivity contribution in [1.82, 2.24) is 10.2 Å². The van der Waals surface area contributed by atoms with Gasteiger partial charge >= 0.3 is 0 Å². The van der Waals surface area contributed by atoms with Gasteiger partial charge in [-0.3, -0.25) is 4.79 Å². The summed E-state index contributed by atoms with van der Waals surface area (Å²) in [6.07, 6.45) is 2.10. The zero-order valence-electron chi connectivity index (χ0n) is 11.3. The van der Waals surface area contributed by atoms with E-state index in [1.54, 1.807) is 23.9 Å². The number of benzene rings is 1.